The Morgan fingerprint density at radius 1 is 1.21 bits per heavy atom. The Labute approximate surface area is 214 Å². The van der Waals surface area contributed by atoms with E-state index in [1.165, 1.54) is 23.0 Å². The summed E-state index contributed by atoms with van der Waals surface area (Å²) in [7, 11) is -3.74. The predicted octanol–water partition coefficient (Wildman–Crippen LogP) is 4.44. The van der Waals surface area contributed by atoms with Gasteiger partial charge in [0.1, 0.15) is 17.2 Å². The molecule has 0 radical (unpaired) electrons. The molecule has 1 aliphatic carbocycles. The Morgan fingerprint density at radius 3 is 2.79 bits per heavy atom. The molecule has 1 aliphatic rings. The Bertz CT molecular complexity index is 1990. The number of allylic oxidation sites excluding steroid dienone is 4. The molecule has 38 heavy (non-hydrogen) atoms. The number of carbonyl (C=O) groups excluding carboxylic acids is 2. The van der Waals surface area contributed by atoms with Gasteiger partial charge in [0.15, 0.2) is 32.8 Å². The molecule has 192 valence electrons. The average Bonchev–Trinajstić information content (AvgIpc) is 3.56. The molecule has 0 amide bonds. The molecule has 0 spiro atoms. The number of fused-ring (bicyclic) bond motifs is 4. The highest BCUT2D eigenvalue weighted by Crippen LogP contribution is 2.40. The molecule has 0 atom stereocenters. The minimum Gasteiger partial charge on any atom is -0.463 e. The fraction of sp³-hybridized carbons (Fsp3) is 0.148. The van der Waals surface area contributed by atoms with Crippen molar-refractivity contribution in [2.24, 2.45) is 0 Å². The van der Waals surface area contributed by atoms with E-state index in [0.717, 1.165) is 6.26 Å². The SMILES string of the molecule is CS(=O)(=O)CC(=O)c1c(C2=CC=CCC2=O)c2c3occc3c(F)cc2n1Cc1ccc2onc(N)c2c1. The molecule has 5 aromatic rings. The topological polar surface area (TPSA) is 138 Å². The van der Waals surface area contributed by atoms with Gasteiger partial charge in [0.05, 0.1) is 33.6 Å². The molecule has 2 N–H and O–H groups in total. The Morgan fingerprint density at radius 2 is 2.03 bits per heavy atom. The van der Waals surface area contributed by atoms with Gasteiger partial charge in [-0.1, -0.05) is 29.5 Å². The Balaban J connectivity index is 1.71. The van der Waals surface area contributed by atoms with Crippen LogP contribution >= 0.6 is 0 Å². The van der Waals surface area contributed by atoms with E-state index in [0.29, 0.717) is 21.9 Å². The van der Waals surface area contributed by atoms with Crippen molar-refractivity contribution < 1.29 is 31.3 Å². The molecule has 3 heterocycles. The molecule has 0 saturated carbocycles. The second kappa shape index (κ2) is 8.52. The van der Waals surface area contributed by atoms with Crippen molar-refractivity contribution in [3.05, 3.63) is 77.5 Å². The zero-order valence-corrected chi connectivity index (χ0v) is 20.8. The highest BCUT2D eigenvalue weighted by Gasteiger charge is 2.32. The van der Waals surface area contributed by atoms with Gasteiger partial charge in [0.2, 0.25) is 0 Å². The number of nitrogens with two attached hydrogens (primary N) is 1. The van der Waals surface area contributed by atoms with Gasteiger partial charge in [0.25, 0.3) is 0 Å². The number of sulfone groups is 1. The van der Waals surface area contributed by atoms with Gasteiger partial charge < -0.3 is 19.2 Å². The Kier molecular flexibility index (Phi) is 5.35. The molecule has 0 aliphatic heterocycles. The van der Waals surface area contributed by atoms with Crippen LogP contribution in [0.25, 0.3) is 38.4 Å². The first-order valence-electron chi connectivity index (χ1n) is 11.6. The van der Waals surface area contributed by atoms with Crippen LogP contribution in [0.2, 0.25) is 0 Å². The zero-order chi connectivity index (χ0) is 26.8. The minimum absolute atomic E-state index is 0.0259. The number of carbonyl (C=O) groups is 2. The first-order valence-corrected chi connectivity index (χ1v) is 13.7. The fourth-order valence-electron chi connectivity index (χ4n) is 4.98. The summed E-state index contributed by atoms with van der Waals surface area (Å²) in [5.74, 6) is -2.19. The first kappa shape index (κ1) is 23.9. The summed E-state index contributed by atoms with van der Waals surface area (Å²) in [5.41, 5.74) is 7.88. The largest absolute Gasteiger partial charge is 0.463 e. The predicted molar refractivity (Wildman–Crippen MR) is 140 cm³/mol. The second-order valence-corrected chi connectivity index (χ2v) is 11.4. The molecular formula is C27H20FN3O6S. The highest BCUT2D eigenvalue weighted by atomic mass is 32.2. The van der Waals surface area contributed by atoms with Crippen molar-refractivity contribution in [1.82, 2.24) is 9.72 Å². The third-order valence-corrected chi connectivity index (χ3v) is 7.34. The number of rotatable bonds is 6. The second-order valence-electron chi connectivity index (χ2n) is 9.25. The normalized spacial score (nSPS) is 14.2. The van der Waals surface area contributed by atoms with Gasteiger partial charge in [0, 0.05) is 30.4 Å². The lowest BCUT2D eigenvalue weighted by atomic mass is 9.92. The van der Waals surface area contributed by atoms with Gasteiger partial charge in [-0.25, -0.2) is 12.8 Å². The van der Waals surface area contributed by atoms with E-state index < -0.39 is 27.2 Å². The average molecular weight is 534 g/mol. The van der Waals surface area contributed by atoms with Crippen molar-refractivity contribution in [2.45, 2.75) is 13.0 Å². The molecule has 0 fully saturated rings. The van der Waals surface area contributed by atoms with Gasteiger partial charge in [-0.05, 0) is 29.8 Å². The lowest BCUT2D eigenvalue weighted by molar-refractivity contribution is -0.113. The standard InChI is InChI=1S/C27H20FN3O6S/c1-38(34,35)13-21(33)25-23(16-4-2-3-5-20(16)32)24-19(11-18(28)15-8-9-36-26(15)24)31(25)12-14-6-7-22-17(10-14)27(29)30-37-22/h2-4,6-11H,5,12-13H2,1H3,(H2,29,30). The maximum atomic E-state index is 15.2. The van der Waals surface area contributed by atoms with Crippen LogP contribution in [0, 0.1) is 5.82 Å². The first-order chi connectivity index (χ1) is 18.1. The van der Waals surface area contributed by atoms with Crippen LogP contribution in [-0.4, -0.2) is 41.7 Å². The smallest absolute Gasteiger partial charge is 0.194 e. The van der Waals surface area contributed by atoms with Crippen molar-refractivity contribution in [1.29, 1.82) is 0 Å². The molecule has 2 aromatic carbocycles. The summed E-state index contributed by atoms with van der Waals surface area (Å²) in [6.07, 6.45) is 7.33. The summed E-state index contributed by atoms with van der Waals surface area (Å²) >= 11 is 0. The summed E-state index contributed by atoms with van der Waals surface area (Å²) in [4.78, 5) is 26.7. The molecule has 0 bridgehead atoms. The van der Waals surface area contributed by atoms with Crippen LogP contribution in [0.1, 0.15) is 28.0 Å². The van der Waals surface area contributed by atoms with E-state index >= 15 is 4.39 Å². The van der Waals surface area contributed by atoms with E-state index in [9.17, 15) is 18.0 Å². The van der Waals surface area contributed by atoms with E-state index in [4.69, 9.17) is 14.7 Å². The van der Waals surface area contributed by atoms with Crippen LogP contribution in [0.15, 0.2) is 63.8 Å². The van der Waals surface area contributed by atoms with Gasteiger partial charge in [-0.3, -0.25) is 9.59 Å². The molecule has 11 heteroatoms. The third-order valence-electron chi connectivity index (χ3n) is 6.55. The van der Waals surface area contributed by atoms with E-state index in [1.54, 1.807) is 36.4 Å². The quantitative estimate of drug-likeness (QED) is 0.316. The molecular weight excluding hydrogens is 513 g/mol. The number of ketones is 2. The lowest BCUT2D eigenvalue weighted by Gasteiger charge is -2.14. The number of benzene rings is 2. The van der Waals surface area contributed by atoms with Gasteiger partial charge in [-0.2, -0.15) is 0 Å². The van der Waals surface area contributed by atoms with Crippen LogP contribution in [0.3, 0.4) is 0 Å². The number of Topliss-reactive ketones (excluding diaryl/α,β-unsaturated/α-hetero) is 2. The summed E-state index contributed by atoms with van der Waals surface area (Å²) in [6, 6.07) is 7.86. The van der Waals surface area contributed by atoms with Crippen LogP contribution in [0.5, 0.6) is 0 Å². The lowest BCUT2D eigenvalue weighted by Crippen LogP contribution is -2.21. The summed E-state index contributed by atoms with van der Waals surface area (Å²) < 4.78 is 52.0. The molecule has 9 nitrogen and oxygen atoms in total. The zero-order valence-electron chi connectivity index (χ0n) is 20.0. The van der Waals surface area contributed by atoms with Gasteiger partial charge >= 0.3 is 0 Å². The fourth-order valence-corrected chi connectivity index (χ4v) is 5.59. The highest BCUT2D eigenvalue weighted by molar-refractivity contribution is 7.91. The molecule has 0 unspecified atom stereocenters. The maximum Gasteiger partial charge on any atom is 0.194 e. The summed E-state index contributed by atoms with van der Waals surface area (Å²) in [6.45, 7) is 0.0326. The number of nitrogens with zero attached hydrogens (tertiary/aromatic N) is 2. The monoisotopic (exact) mass is 533 g/mol. The van der Waals surface area contributed by atoms with Crippen molar-refractivity contribution in [3.8, 4) is 0 Å². The number of halogens is 1. The number of aromatic nitrogens is 2. The minimum atomic E-state index is -3.74. The number of nitrogen functional groups attached to an aromatic ring is 1. The molecule has 3 aromatic heterocycles. The Hall–Kier alpha value is -4.51. The van der Waals surface area contributed by atoms with Gasteiger partial charge in [-0.15, -0.1) is 0 Å². The molecule has 0 saturated heterocycles. The van der Waals surface area contributed by atoms with Crippen LogP contribution in [0.4, 0.5) is 10.2 Å². The summed E-state index contributed by atoms with van der Waals surface area (Å²) in [5, 5.41) is 4.84. The molecule has 6 rings (SSSR count). The van der Waals surface area contributed by atoms with Crippen molar-refractivity contribution in [2.75, 3.05) is 17.7 Å². The van der Waals surface area contributed by atoms with Crippen molar-refractivity contribution in [3.63, 3.8) is 0 Å². The maximum absolute atomic E-state index is 15.2. The van der Waals surface area contributed by atoms with E-state index in [-0.39, 0.29) is 57.9 Å². The van der Waals surface area contributed by atoms with Crippen molar-refractivity contribution >= 4 is 65.6 Å². The number of hydrogen-bond donors (Lipinski definition) is 1. The number of anilines is 1. The van der Waals surface area contributed by atoms with E-state index in [2.05, 4.69) is 5.16 Å². The third kappa shape index (κ3) is 3.82. The van der Waals surface area contributed by atoms with Crippen LogP contribution < -0.4 is 5.73 Å². The van der Waals surface area contributed by atoms with E-state index in [1.807, 2.05) is 0 Å². The number of hydrogen-bond acceptors (Lipinski definition) is 8. The number of furan rings is 1. The van der Waals surface area contributed by atoms with Crippen LogP contribution in [-0.2, 0) is 21.2 Å².